The van der Waals surface area contributed by atoms with Crippen molar-refractivity contribution < 1.29 is 19.1 Å². The number of amides is 1. The molecule has 0 aromatic heterocycles. The Morgan fingerprint density at radius 1 is 1.50 bits per heavy atom. The summed E-state index contributed by atoms with van der Waals surface area (Å²) in [6.07, 6.45) is 0.110. The molecular formula is C13H25N3O4. The molecule has 1 heterocycles. The van der Waals surface area contributed by atoms with Gasteiger partial charge in [-0.05, 0) is 6.54 Å². The number of carbonyl (C=O) groups is 2. The van der Waals surface area contributed by atoms with Gasteiger partial charge in [0.15, 0.2) is 0 Å². The molecule has 0 aromatic carbocycles. The van der Waals surface area contributed by atoms with Crippen LogP contribution >= 0.6 is 0 Å². The summed E-state index contributed by atoms with van der Waals surface area (Å²) in [6, 6.07) is -0.664. The van der Waals surface area contributed by atoms with E-state index in [4.69, 9.17) is 4.74 Å². The number of nitrogens with zero attached hydrogens (tertiary/aromatic N) is 1. The molecule has 0 saturated carbocycles. The minimum absolute atomic E-state index is 0.110. The van der Waals surface area contributed by atoms with E-state index in [1.165, 1.54) is 14.0 Å². The third-order valence-corrected chi connectivity index (χ3v) is 3.25. The lowest BCUT2D eigenvalue weighted by Crippen LogP contribution is -2.51. The van der Waals surface area contributed by atoms with E-state index in [-0.39, 0.29) is 12.0 Å². The summed E-state index contributed by atoms with van der Waals surface area (Å²) in [5, 5.41) is 5.71. The number of esters is 1. The van der Waals surface area contributed by atoms with Crippen molar-refractivity contribution in [2.45, 2.75) is 26.0 Å². The number of morpholine rings is 1. The molecule has 1 fully saturated rings. The Balaban J connectivity index is 2.32. The number of ether oxygens (including phenoxy) is 2. The molecule has 2 N–H and O–H groups in total. The van der Waals surface area contributed by atoms with E-state index in [1.807, 2.05) is 0 Å². The van der Waals surface area contributed by atoms with E-state index < -0.39 is 12.0 Å². The maximum absolute atomic E-state index is 11.5. The molecule has 2 unspecified atom stereocenters. The fourth-order valence-electron chi connectivity index (χ4n) is 2.16. The van der Waals surface area contributed by atoms with Gasteiger partial charge in [0.05, 0.1) is 19.8 Å². The van der Waals surface area contributed by atoms with Crippen LogP contribution in [0.2, 0.25) is 0 Å². The van der Waals surface area contributed by atoms with Crippen molar-refractivity contribution in [2.75, 3.05) is 46.4 Å². The van der Waals surface area contributed by atoms with Crippen molar-refractivity contribution in [3.8, 4) is 0 Å². The lowest BCUT2D eigenvalue weighted by molar-refractivity contribution is -0.144. The van der Waals surface area contributed by atoms with Crippen molar-refractivity contribution in [3.63, 3.8) is 0 Å². The molecule has 0 aliphatic carbocycles. The van der Waals surface area contributed by atoms with Crippen LogP contribution in [0, 0.1) is 0 Å². The minimum atomic E-state index is -0.664. The Morgan fingerprint density at radius 2 is 2.25 bits per heavy atom. The molecule has 1 aliphatic rings. The van der Waals surface area contributed by atoms with E-state index in [1.54, 1.807) is 0 Å². The predicted molar refractivity (Wildman–Crippen MR) is 74.3 cm³/mol. The van der Waals surface area contributed by atoms with Crippen LogP contribution in [0.5, 0.6) is 0 Å². The largest absolute Gasteiger partial charge is 0.467 e. The smallest absolute Gasteiger partial charge is 0.329 e. The Morgan fingerprint density at radius 3 is 2.85 bits per heavy atom. The van der Waals surface area contributed by atoms with E-state index >= 15 is 0 Å². The maximum atomic E-state index is 11.5. The molecule has 0 aromatic rings. The third-order valence-electron chi connectivity index (χ3n) is 3.25. The zero-order chi connectivity index (χ0) is 15.0. The molecule has 1 saturated heterocycles. The average Bonchev–Trinajstić information content (AvgIpc) is 2.45. The summed E-state index contributed by atoms with van der Waals surface area (Å²) in [4.78, 5) is 24.9. The predicted octanol–water partition coefficient (Wildman–Crippen LogP) is -1.03. The lowest BCUT2D eigenvalue weighted by Gasteiger charge is -2.32. The van der Waals surface area contributed by atoms with Crippen LogP contribution in [0.25, 0.3) is 0 Å². The van der Waals surface area contributed by atoms with Crippen LogP contribution in [0.3, 0.4) is 0 Å². The normalized spacial score (nSPS) is 21.2. The van der Waals surface area contributed by atoms with Crippen molar-refractivity contribution >= 4 is 11.9 Å². The minimum Gasteiger partial charge on any atom is -0.467 e. The molecule has 0 radical (unpaired) electrons. The molecular weight excluding hydrogens is 262 g/mol. The monoisotopic (exact) mass is 287 g/mol. The molecule has 0 spiro atoms. The lowest BCUT2D eigenvalue weighted by atomic mass is 10.2. The molecule has 1 amide bonds. The molecule has 1 rings (SSSR count). The molecule has 116 valence electrons. The Bertz CT molecular complexity index is 325. The Kier molecular flexibility index (Phi) is 7.50. The van der Waals surface area contributed by atoms with Crippen molar-refractivity contribution in [1.29, 1.82) is 0 Å². The van der Waals surface area contributed by atoms with E-state index in [9.17, 15) is 9.59 Å². The summed E-state index contributed by atoms with van der Waals surface area (Å²) in [5.41, 5.74) is 0. The fourth-order valence-corrected chi connectivity index (χ4v) is 2.16. The Hall–Kier alpha value is -1.18. The topological polar surface area (TPSA) is 79.9 Å². The van der Waals surface area contributed by atoms with Gasteiger partial charge in [0.2, 0.25) is 5.91 Å². The number of likely N-dealkylation sites (N-methyl/N-ethyl adjacent to an activating group) is 1. The van der Waals surface area contributed by atoms with Gasteiger partial charge in [-0.1, -0.05) is 6.92 Å². The SMILES string of the molecule is CCN1CCOC(CNCC(NC(C)=O)C(=O)OC)C1. The number of rotatable bonds is 7. The highest BCUT2D eigenvalue weighted by atomic mass is 16.5. The first-order chi connectivity index (χ1) is 9.56. The van der Waals surface area contributed by atoms with Crippen LogP contribution in [0.15, 0.2) is 0 Å². The highest BCUT2D eigenvalue weighted by Gasteiger charge is 2.22. The van der Waals surface area contributed by atoms with E-state index in [2.05, 4.69) is 27.2 Å². The van der Waals surface area contributed by atoms with E-state index in [0.29, 0.717) is 13.1 Å². The van der Waals surface area contributed by atoms with Gasteiger partial charge in [0.1, 0.15) is 6.04 Å². The first kappa shape index (κ1) is 16.9. The van der Waals surface area contributed by atoms with Gasteiger partial charge in [-0.2, -0.15) is 0 Å². The number of methoxy groups -OCH3 is 1. The summed E-state index contributed by atoms with van der Waals surface area (Å²) >= 11 is 0. The van der Waals surface area contributed by atoms with Crippen LogP contribution in [0.4, 0.5) is 0 Å². The molecule has 20 heavy (non-hydrogen) atoms. The zero-order valence-corrected chi connectivity index (χ0v) is 12.5. The summed E-state index contributed by atoms with van der Waals surface area (Å²) < 4.78 is 10.3. The first-order valence-electron chi connectivity index (χ1n) is 6.96. The van der Waals surface area contributed by atoms with Crippen LogP contribution in [-0.4, -0.2) is 75.4 Å². The Labute approximate surface area is 120 Å². The summed E-state index contributed by atoms with van der Waals surface area (Å²) in [6.45, 7) is 8.06. The second-order valence-electron chi connectivity index (χ2n) is 4.82. The highest BCUT2D eigenvalue weighted by Crippen LogP contribution is 2.03. The maximum Gasteiger partial charge on any atom is 0.329 e. The molecule has 2 atom stereocenters. The number of carbonyl (C=O) groups excluding carboxylic acids is 2. The molecule has 1 aliphatic heterocycles. The molecule has 0 bridgehead atoms. The van der Waals surface area contributed by atoms with Gasteiger partial charge in [-0.3, -0.25) is 9.69 Å². The van der Waals surface area contributed by atoms with E-state index in [0.717, 1.165) is 26.2 Å². The fraction of sp³-hybridized carbons (Fsp3) is 0.846. The van der Waals surface area contributed by atoms with Gasteiger partial charge < -0.3 is 20.1 Å². The third kappa shape index (κ3) is 5.85. The highest BCUT2D eigenvalue weighted by molar-refractivity contribution is 5.83. The quantitative estimate of drug-likeness (QED) is 0.583. The summed E-state index contributed by atoms with van der Waals surface area (Å²) in [5.74, 6) is -0.708. The van der Waals surface area contributed by atoms with Crippen LogP contribution in [-0.2, 0) is 19.1 Å². The van der Waals surface area contributed by atoms with Gasteiger partial charge in [-0.15, -0.1) is 0 Å². The summed E-state index contributed by atoms with van der Waals surface area (Å²) in [7, 11) is 1.31. The molecule has 7 nitrogen and oxygen atoms in total. The standard InChI is InChI=1S/C13H25N3O4/c1-4-16-5-6-20-11(9-16)7-14-8-12(13(18)19-3)15-10(2)17/h11-12,14H,4-9H2,1-3H3,(H,15,17). The van der Waals surface area contributed by atoms with Crippen molar-refractivity contribution in [2.24, 2.45) is 0 Å². The van der Waals surface area contributed by atoms with Gasteiger partial charge >= 0.3 is 5.97 Å². The van der Waals surface area contributed by atoms with Crippen LogP contribution < -0.4 is 10.6 Å². The second kappa shape index (κ2) is 8.89. The van der Waals surface area contributed by atoms with Gasteiger partial charge in [-0.25, -0.2) is 4.79 Å². The molecule has 7 heteroatoms. The van der Waals surface area contributed by atoms with Gasteiger partial charge in [0.25, 0.3) is 0 Å². The number of nitrogens with one attached hydrogen (secondary N) is 2. The number of hydrogen-bond donors (Lipinski definition) is 2. The number of hydrogen-bond acceptors (Lipinski definition) is 6. The van der Waals surface area contributed by atoms with Gasteiger partial charge in [0, 0.05) is 33.1 Å². The van der Waals surface area contributed by atoms with Crippen LogP contribution in [0.1, 0.15) is 13.8 Å². The van der Waals surface area contributed by atoms with Crippen molar-refractivity contribution in [1.82, 2.24) is 15.5 Å². The zero-order valence-electron chi connectivity index (χ0n) is 12.5. The average molecular weight is 287 g/mol. The van der Waals surface area contributed by atoms with Crippen molar-refractivity contribution in [3.05, 3.63) is 0 Å². The first-order valence-corrected chi connectivity index (χ1v) is 6.96. The second-order valence-corrected chi connectivity index (χ2v) is 4.82.